The summed E-state index contributed by atoms with van der Waals surface area (Å²) in [5.41, 5.74) is 2.77. The lowest BCUT2D eigenvalue weighted by Crippen LogP contribution is -2.31. The molecule has 0 amide bonds. The van der Waals surface area contributed by atoms with Crippen molar-refractivity contribution in [2.75, 3.05) is 38.6 Å². The second kappa shape index (κ2) is 7.09. The van der Waals surface area contributed by atoms with Crippen molar-refractivity contribution in [2.45, 2.75) is 38.8 Å². The molecule has 0 radical (unpaired) electrons. The molecule has 112 valence electrons. The molecule has 1 fully saturated rings. The van der Waals surface area contributed by atoms with Gasteiger partial charge < -0.3 is 15.1 Å². The smallest absolute Gasteiger partial charge is 0.0366 e. The molecule has 0 aromatic heterocycles. The van der Waals surface area contributed by atoms with E-state index in [1.54, 1.807) is 0 Å². The van der Waals surface area contributed by atoms with Gasteiger partial charge in [0.2, 0.25) is 0 Å². The summed E-state index contributed by atoms with van der Waals surface area (Å²) in [5.74, 6) is 0. The van der Waals surface area contributed by atoms with Crippen LogP contribution in [0.3, 0.4) is 0 Å². The summed E-state index contributed by atoms with van der Waals surface area (Å²) in [4.78, 5) is 4.84. The molecule has 0 spiro atoms. The molecule has 3 nitrogen and oxygen atoms in total. The zero-order chi connectivity index (χ0) is 14.5. The molecule has 3 heteroatoms. The van der Waals surface area contributed by atoms with Gasteiger partial charge in [0, 0.05) is 30.9 Å². The second-order valence-electron chi connectivity index (χ2n) is 5.96. The third-order valence-corrected chi connectivity index (χ3v) is 4.41. The molecule has 1 N–H and O–H groups in total. The molecule has 1 heterocycles. The minimum atomic E-state index is 0.488. The number of anilines is 1. The number of nitrogens with one attached hydrogen (secondary N) is 1. The highest BCUT2D eigenvalue weighted by molar-refractivity contribution is 5.49. The van der Waals surface area contributed by atoms with E-state index in [4.69, 9.17) is 0 Å². The summed E-state index contributed by atoms with van der Waals surface area (Å²) in [6.45, 7) is 7.76. The molecule has 2 atom stereocenters. The van der Waals surface area contributed by atoms with Gasteiger partial charge in [0.05, 0.1) is 0 Å². The summed E-state index contributed by atoms with van der Waals surface area (Å²) >= 11 is 0. The fraction of sp³-hybridized carbons (Fsp3) is 0.647. The standard InChI is InChI=1S/C17H29N3/c1-5-17(18-6-2)14-7-9-15(10-8-14)20-12-11-16(13-20)19(3)4/h7-10,16-18H,5-6,11-13H2,1-4H3. The van der Waals surface area contributed by atoms with Crippen LogP contribution in [-0.4, -0.2) is 44.7 Å². The Morgan fingerprint density at radius 3 is 2.45 bits per heavy atom. The predicted octanol–water partition coefficient (Wildman–Crippen LogP) is 2.89. The van der Waals surface area contributed by atoms with Crippen LogP contribution >= 0.6 is 0 Å². The van der Waals surface area contributed by atoms with Gasteiger partial charge in [-0.15, -0.1) is 0 Å². The number of benzene rings is 1. The van der Waals surface area contributed by atoms with E-state index in [1.807, 2.05) is 0 Å². The first-order chi connectivity index (χ1) is 9.65. The van der Waals surface area contributed by atoms with Gasteiger partial charge in [0.25, 0.3) is 0 Å². The molecule has 2 rings (SSSR count). The van der Waals surface area contributed by atoms with Crippen LogP contribution in [-0.2, 0) is 0 Å². The number of nitrogens with zero attached hydrogens (tertiary/aromatic N) is 2. The van der Waals surface area contributed by atoms with Crippen LogP contribution in [0.1, 0.15) is 38.3 Å². The van der Waals surface area contributed by atoms with Crippen molar-refractivity contribution < 1.29 is 0 Å². The van der Waals surface area contributed by atoms with Gasteiger partial charge in [-0.2, -0.15) is 0 Å². The average Bonchev–Trinajstić information content (AvgIpc) is 2.95. The molecule has 20 heavy (non-hydrogen) atoms. The average molecular weight is 275 g/mol. The Kier molecular flexibility index (Phi) is 5.44. The summed E-state index contributed by atoms with van der Waals surface area (Å²) < 4.78 is 0. The van der Waals surface area contributed by atoms with E-state index in [9.17, 15) is 0 Å². The Labute approximate surface area is 124 Å². The van der Waals surface area contributed by atoms with Gasteiger partial charge in [0.1, 0.15) is 0 Å². The maximum atomic E-state index is 3.54. The Balaban J connectivity index is 2.01. The van der Waals surface area contributed by atoms with Crippen molar-refractivity contribution in [3.05, 3.63) is 29.8 Å². The van der Waals surface area contributed by atoms with Gasteiger partial charge >= 0.3 is 0 Å². The van der Waals surface area contributed by atoms with E-state index < -0.39 is 0 Å². The molecular formula is C17H29N3. The molecule has 0 saturated carbocycles. The lowest BCUT2D eigenvalue weighted by molar-refractivity contribution is 0.315. The zero-order valence-electron chi connectivity index (χ0n) is 13.4. The molecule has 1 aromatic carbocycles. The first-order valence-electron chi connectivity index (χ1n) is 7.90. The van der Waals surface area contributed by atoms with Crippen molar-refractivity contribution in [3.63, 3.8) is 0 Å². The first-order valence-corrected chi connectivity index (χ1v) is 7.90. The molecule has 1 aromatic rings. The van der Waals surface area contributed by atoms with E-state index in [1.165, 1.54) is 24.2 Å². The van der Waals surface area contributed by atoms with Gasteiger partial charge in [-0.25, -0.2) is 0 Å². The highest BCUT2D eigenvalue weighted by Crippen LogP contribution is 2.25. The summed E-state index contributed by atoms with van der Waals surface area (Å²) in [5, 5.41) is 3.54. The first kappa shape index (κ1) is 15.3. The highest BCUT2D eigenvalue weighted by Gasteiger charge is 2.24. The molecule has 1 aliphatic rings. The number of hydrogen-bond acceptors (Lipinski definition) is 3. The Hall–Kier alpha value is -1.06. The van der Waals surface area contributed by atoms with Crippen molar-refractivity contribution >= 4 is 5.69 Å². The predicted molar refractivity (Wildman–Crippen MR) is 87.5 cm³/mol. The molecule has 0 aliphatic carbocycles. The Bertz CT molecular complexity index is 399. The van der Waals surface area contributed by atoms with Crippen molar-refractivity contribution in [2.24, 2.45) is 0 Å². The van der Waals surface area contributed by atoms with E-state index in [0.29, 0.717) is 12.1 Å². The van der Waals surface area contributed by atoms with Crippen LogP contribution in [0.2, 0.25) is 0 Å². The largest absolute Gasteiger partial charge is 0.370 e. The van der Waals surface area contributed by atoms with Gasteiger partial charge in [0.15, 0.2) is 0 Å². The SMILES string of the molecule is CCNC(CC)c1ccc(N2CCC(N(C)C)C2)cc1. The summed E-state index contributed by atoms with van der Waals surface area (Å²) in [6.07, 6.45) is 2.41. The van der Waals surface area contributed by atoms with Crippen molar-refractivity contribution in [3.8, 4) is 0 Å². The van der Waals surface area contributed by atoms with E-state index in [-0.39, 0.29) is 0 Å². The summed E-state index contributed by atoms with van der Waals surface area (Å²) in [6, 6.07) is 10.3. The number of rotatable bonds is 6. The van der Waals surface area contributed by atoms with Gasteiger partial charge in [-0.05, 0) is 51.2 Å². The maximum absolute atomic E-state index is 3.54. The van der Waals surface area contributed by atoms with Crippen LogP contribution in [0.4, 0.5) is 5.69 Å². The maximum Gasteiger partial charge on any atom is 0.0366 e. The van der Waals surface area contributed by atoms with E-state index >= 15 is 0 Å². The van der Waals surface area contributed by atoms with E-state index in [0.717, 1.165) is 19.5 Å². The van der Waals surface area contributed by atoms with Crippen LogP contribution in [0.5, 0.6) is 0 Å². The molecule has 1 aliphatic heterocycles. The van der Waals surface area contributed by atoms with Gasteiger partial charge in [-0.3, -0.25) is 0 Å². The van der Waals surface area contributed by atoms with E-state index in [2.05, 4.69) is 67.3 Å². The Morgan fingerprint density at radius 1 is 1.25 bits per heavy atom. The minimum absolute atomic E-state index is 0.488. The number of likely N-dealkylation sites (N-methyl/N-ethyl adjacent to an activating group) is 1. The topological polar surface area (TPSA) is 18.5 Å². The minimum Gasteiger partial charge on any atom is -0.370 e. The molecule has 2 unspecified atom stereocenters. The number of hydrogen-bond donors (Lipinski definition) is 1. The van der Waals surface area contributed by atoms with Crippen LogP contribution < -0.4 is 10.2 Å². The Morgan fingerprint density at radius 2 is 1.95 bits per heavy atom. The highest BCUT2D eigenvalue weighted by atomic mass is 15.2. The van der Waals surface area contributed by atoms with Crippen LogP contribution in [0, 0.1) is 0 Å². The molecule has 0 bridgehead atoms. The normalized spacial score (nSPS) is 20.6. The third-order valence-electron chi connectivity index (χ3n) is 4.41. The van der Waals surface area contributed by atoms with Crippen molar-refractivity contribution in [1.82, 2.24) is 10.2 Å². The fourth-order valence-corrected chi connectivity index (χ4v) is 3.06. The van der Waals surface area contributed by atoms with Gasteiger partial charge in [-0.1, -0.05) is 26.0 Å². The quantitative estimate of drug-likeness (QED) is 0.861. The second-order valence-corrected chi connectivity index (χ2v) is 5.96. The van der Waals surface area contributed by atoms with Crippen LogP contribution in [0.25, 0.3) is 0 Å². The zero-order valence-corrected chi connectivity index (χ0v) is 13.4. The lowest BCUT2D eigenvalue weighted by atomic mass is 10.0. The monoisotopic (exact) mass is 275 g/mol. The third kappa shape index (κ3) is 3.53. The summed E-state index contributed by atoms with van der Waals surface area (Å²) in [7, 11) is 4.36. The van der Waals surface area contributed by atoms with Crippen LogP contribution in [0.15, 0.2) is 24.3 Å². The fourth-order valence-electron chi connectivity index (χ4n) is 3.06. The van der Waals surface area contributed by atoms with Crippen molar-refractivity contribution in [1.29, 1.82) is 0 Å². The molecule has 1 saturated heterocycles. The molecular weight excluding hydrogens is 246 g/mol. The lowest BCUT2D eigenvalue weighted by Gasteiger charge is -2.23.